The number of rotatable bonds is 7. The van der Waals surface area contributed by atoms with E-state index in [9.17, 15) is 4.79 Å². The Hall–Kier alpha value is -2.24. The highest BCUT2D eigenvalue weighted by Crippen LogP contribution is 2.24. The predicted molar refractivity (Wildman–Crippen MR) is 122 cm³/mol. The molecule has 0 aliphatic carbocycles. The third-order valence-corrected chi connectivity index (χ3v) is 5.79. The molecule has 1 amide bonds. The minimum atomic E-state index is -0.319. The van der Waals surface area contributed by atoms with Crippen molar-refractivity contribution >= 4 is 28.9 Å². The molecule has 2 aromatic rings. The Balaban J connectivity index is 1.53. The number of piperazine rings is 1. The maximum absolute atomic E-state index is 12.5. The van der Waals surface area contributed by atoms with Gasteiger partial charge in [-0.1, -0.05) is 30.7 Å². The summed E-state index contributed by atoms with van der Waals surface area (Å²) in [5, 5.41) is 7.01. The predicted octanol–water partition coefficient (Wildman–Crippen LogP) is 3.91. The van der Waals surface area contributed by atoms with Gasteiger partial charge in [-0.15, -0.1) is 0 Å². The summed E-state index contributed by atoms with van der Waals surface area (Å²) in [7, 11) is 0. The number of nitrogens with one attached hydrogen (secondary N) is 2. The maximum atomic E-state index is 12.5. The lowest BCUT2D eigenvalue weighted by molar-refractivity contribution is -0.121. The summed E-state index contributed by atoms with van der Waals surface area (Å²) in [4.78, 5) is 17.4. The Morgan fingerprint density at radius 3 is 2.41 bits per heavy atom. The largest absolute Gasteiger partial charge is 0.374 e. The SMILES string of the molecule is CCN1CCN(c2ccc(NC(C)C(=O)NCc3ccc(Cl)cc3)c(C)c2)CC1. The van der Waals surface area contributed by atoms with Gasteiger partial charge in [0.2, 0.25) is 5.91 Å². The van der Waals surface area contributed by atoms with Crippen LogP contribution in [0.4, 0.5) is 11.4 Å². The monoisotopic (exact) mass is 414 g/mol. The molecule has 0 spiro atoms. The molecule has 1 aliphatic rings. The number of halogens is 1. The molecule has 0 bridgehead atoms. The number of aryl methyl sites for hydroxylation is 1. The fourth-order valence-corrected chi connectivity index (χ4v) is 3.70. The van der Waals surface area contributed by atoms with Crippen LogP contribution in [0.3, 0.4) is 0 Å². The molecule has 0 saturated carbocycles. The van der Waals surface area contributed by atoms with E-state index in [0.29, 0.717) is 11.6 Å². The van der Waals surface area contributed by atoms with Crippen LogP contribution in [0.1, 0.15) is 25.0 Å². The Labute approximate surface area is 179 Å². The summed E-state index contributed by atoms with van der Waals surface area (Å²) >= 11 is 5.90. The van der Waals surface area contributed by atoms with Crippen molar-refractivity contribution in [1.29, 1.82) is 0 Å². The van der Waals surface area contributed by atoms with E-state index in [1.165, 1.54) is 5.69 Å². The molecule has 1 saturated heterocycles. The fraction of sp³-hybridized carbons (Fsp3) is 0.435. The van der Waals surface area contributed by atoms with Gasteiger partial charge < -0.3 is 20.4 Å². The van der Waals surface area contributed by atoms with Crippen LogP contribution < -0.4 is 15.5 Å². The molecule has 0 aromatic heterocycles. The maximum Gasteiger partial charge on any atom is 0.242 e. The molecule has 29 heavy (non-hydrogen) atoms. The number of likely N-dealkylation sites (N-methyl/N-ethyl adjacent to an activating group) is 1. The quantitative estimate of drug-likeness (QED) is 0.721. The standard InChI is InChI=1S/C23H31ClN4O/c1-4-27-11-13-28(14-12-27)21-9-10-22(17(2)15-21)26-18(3)23(29)25-16-19-5-7-20(24)8-6-19/h5-10,15,18,26H,4,11-14,16H2,1-3H3,(H,25,29). The minimum absolute atomic E-state index is 0.0286. The molecule has 2 N–H and O–H groups in total. The summed E-state index contributed by atoms with van der Waals surface area (Å²) < 4.78 is 0. The van der Waals surface area contributed by atoms with E-state index >= 15 is 0 Å². The third kappa shape index (κ3) is 5.87. The Morgan fingerprint density at radius 1 is 1.10 bits per heavy atom. The fourth-order valence-electron chi connectivity index (χ4n) is 3.57. The van der Waals surface area contributed by atoms with Crippen LogP contribution in [0, 0.1) is 6.92 Å². The van der Waals surface area contributed by atoms with Crippen molar-refractivity contribution in [2.24, 2.45) is 0 Å². The second-order valence-electron chi connectivity index (χ2n) is 7.63. The Kier molecular flexibility index (Phi) is 7.40. The van der Waals surface area contributed by atoms with Crippen molar-refractivity contribution in [3.8, 4) is 0 Å². The number of benzene rings is 2. The van der Waals surface area contributed by atoms with Crippen LogP contribution in [-0.4, -0.2) is 49.6 Å². The van der Waals surface area contributed by atoms with Crippen molar-refractivity contribution in [3.63, 3.8) is 0 Å². The summed E-state index contributed by atoms with van der Waals surface area (Å²) in [6.45, 7) is 12.1. The first-order chi connectivity index (χ1) is 14.0. The molecule has 2 aromatic carbocycles. The van der Waals surface area contributed by atoms with Gasteiger partial charge in [-0.25, -0.2) is 0 Å². The van der Waals surface area contributed by atoms with E-state index in [1.54, 1.807) is 0 Å². The Morgan fingerprint density at radius 2 is 1.79 bits per heavy atom. The molecule has 6 heteroatoms. The second-order valence-corrected chi connectivity index (χ2v) is 8.07. The van der Waals surface area contributed by atoms with Gasteiger partial charge in [0.1, 0.15) is 6.04 Å². The zero-order chi connectivity index (χ0) is 20.8. The number of hydrogen-bond donors (Lipinski definition) is 2. The van der Waals surface area contributed by atoms with E-state index in [1.807, 2.05) is 31.2 Å². The highest BCUT2D eigenvalue weighted by atomic mass is 35.5. The van der Waals surface area contributed by atoms with Crippen LogP contribution in [0.2, 0.25) is 5.02 Å². The zero-order valence-electron chi connectivity index (χ0n) is 17.5. The van der Waals surface area contributed by atoms with E-state index in [2.05, 4.69) is 52.5 Å². The summed E-state index contributed by atoms with van der Waals surface area (Å²) in [6, 6.07) is 13.6. The molecule has 1 fully saturated rings. The van der Waals surface area contributed by atoms with Crippen LogP contribution >= 0.6 is 11.6 Å². The van der Waals surface area contributed by atoms with Crippen molar-refractivity contribution in [2.45, 2.75) is 33.4 Å². The van der Waals surface area contributed by atoms with E-state index in [0.717, 1.165) is 49.5 Å². The molecular weight excluding hydrogens is 384 g/mol. The van der Waals surface area contributed by atoms with Crippen LogP contribution in [0.15, 0.2) is 42.5 Å². The molecule has 1 heterocycles. The molecule has 0 radical (unpaired) electrons. The first-order valence-corrected chi connectivity index (χ1v) is 10.7. The average molecular weight is 415 g/mol. The summed E-state index contributed by atoms with van der Waals surface area (Å²) in [5.74, 6) is -0.0286. The van der Waals surface area contributed by atoms with Gasteiger partial charge in [0.05, 0.1) is 0 Å². The lowest BCUT2D eigenvalue weighted by atomic mass is 10.1. The molecule has 1 unspecified atom stereocenters. The van der Waals surface area contributed by atoms with Crippen molar-refractivity contribution in [1.82, 2.24) is 10.2 Å². The lowest BCUT2D eigenvalue weighted by Gasteiger charge is -2.35. The van der Waals surface area contributed by atoms with Crippen LogP contribution in [-0.2, 0) is 11.3 Å². The molecule has 1 atom stereocenters. The lowest BCUT2D eigenvalue weighted by Crippen LogP contribution is -2.46. The summed E-state index contributed by atoms with van der Waals surface area (Å²) in [6.07, 6.45) is 0. The van der Waals surface area contributed by atoms with Crippen molar-refractivity contribution in [2.75, 3.05) is 42.9 Å². The number of nitrogens with zero attached hydrogens (tertiary/aromatic N) is 2. The zero-order valence-corrected chi connectivity index (χ0v) is 18.3. The number of carbonyl (C=O) groups is 1. The van der Waals surface area contributed by atoms with Gasteiger partial charge in [-0.05, 0) is 61.9 Å². The smallest absolute Gasteiger partial charge is 0.242 e. The second kappa shape index (κ2) is 9.99. The first kappa shape index (κ1) is 21.5. The average Bonchev–Trinajstić information content (AvgIpc) is 2.74. The van der Waals surface area contributed by atoms with E-state index < -0.39 is 0 Å². The van der Waals surface area contributed by atoms with Crippen LogP contribution in [0.25, 0.3) is 0 Å². The van der Waals surface area contributed by atoms with Gasteiger partial charge in [0.15, 0.2) is 0 Å². The normalized spacial score (nSPS) is 15.8. The number of amides is 1. The number of hydrogen-bond acceptors (Lipinski definition) is 4. The highest BCUT2D eigenvalue weighted by molar-refractivity contribution is 6.30. The topological polar surface area (TPSA) is 47.6 Å². The number of anilines is 2. The van der Waals surface area contributed by atoms with Crippen LogP contribution in [0.5, 0.6) is 0 Å². The van der Waals surface area contributed by atoms with E-state index in [4.69, 9.17) is 11.6 Å². The van der Waals surface area contributed by atoms with Crippen molar-refractivity contribution < 1.29 is 4.79 Å². The number of carbonyl (C=O) groups excluding carboxylic acids is 1. The molecular formula is C23H31ClN4O. The van der Waals surface area contributed by atoms with Gasteiger partial charge in [-0.2, -0.15) is 0 Å². The van der Waals surface area contributed by atoms with Gasteiger partial charge in [0.25, 0.3) is 0 Å². The third-order valence-electron chi connectivity index (χ3n) is 5.54. The molecule has 156 valence electrons. The molecule has 5 nitrogen and oxygen atoms in total. The highest BCUT2D eigenvalue weighted by Gasteiger charge is 2.17. The van der Waals surface area contributed by atoms with Gasteiger partial charge >= 0.3 is 0 Å². The van der Waals surface area contributed by atoms with Gasteiger partial charge in [-0.3, -0.25) is 4.79 Å². The first-order valence-electron chi connectivity index (χ1n) is 10.3. The van der Waals surface area contributed by atoms with Gasteiger partial charge in [0, 0.05) is 49.1 Å². The Bertz CT molecular complexity index is 816. The molecule has 1 aliphatic heterocycles. The van der Waals surface area contributed by atoms with E-state index in [-0.39, 0.29) is 11.9 Å². The van der Waals surface area contributed by atoms with Crippen molar-refractivity contribution in [3.05, 3.63) is 58.6 Å². The molecule has 3 rings (SSSR count). The minimum Gasteiger partial charge on any atom is -0.374 e. The summed E-state index contributed by atoms with van der Waals surface area (Å²) in [5.41, 5.74) is 4.43.